The van der Waals surface area contributed by atoms with E-state index in [-0.39, 0.29) is 18.1 Å². The molecular weight excluding hydrogens is 369 g/mol. The molecule has 0 saturated carbocycles. The lowest BCUT2D eigenvalue weighted by Gasteiger charge is -2.17. The number of aliphatic imine (C=N–C) groups is 1. The summed E-state index contributed by atoms with van der Waals surface area (Å²) < 4.78 is 19.1. The van der Waals surface area contributed by atoms with Crippen molar-refractivity contribution >= 4 is 33.1 Å². The van der Waals surface area contributed by atoms with Crippen LogP contribution in [0.1, 0.15) is 30.5 Å². The Morgan fingerprint density at radius 2 is 2.23 bits per heavy atom. The molecule has 2 unspecified atom stereocenters. The summed E-state index contributed by atoms with van der Waals surface area (Å²) in [7, 11) is 1.62. The standard InChI is InChI=1S/C15H17BrFN3OS/c1-9(12-5-4-11(17)8-13(12)16)19-14(20-10(2)21-3)15-18-6-7-22-15/h4-10H,1-3H3,(H,19,20). The van der Waals surface area contributed by atoms with Crippen molar-refractivity contribution in [2.24, 2.45) is 4.99 Å². The number of nitrogens with one attached hydrogen (secondary N) is 1. The van der Waals surface area contributed by atoms with Crippen LogP contribution in [0.2, 0.25) is 0 Å². The highest BCUT2D eigenvalue weighted by molar-refractivity contribution is 9.10. The summed E-state index contributed by atoms with van der Waals surface area (Å²) >= 11 is 4.88. The molecule has 0 aliphatic heterocycles. The molecule has 4 nitrogen and oxygen atoms in total. The quantitative estimate of drug-likeness (QED) is 0.478. The van der Waals surface area contributed by atoms with Gasteiger partial charge in [-0.25, -0.2) is 9.37 Å². The zero-order chi connectivity index (χ0) is 16.1. The molecule has 2 aromatic rings. The van der Waals surface area contributed by atoms with Crippen molar-refractivity contribution in [1.29, 1.82) is 0 Å². The van der Waals surface area contributed by atoms with Crippen LogP contribution in [0.4, 0.5) is 4.39 Å². The van der Waals surface area contributed by atoms with Gasteiger partial charge in [-0.05, 0) is 31.5 Å². The van der Waals surface area contributed by atoms with Crippen molar-refractivity contribution in [3.63, 3.8) is 0 Å². The Morgan fingerprint density at radius 3 is 2.82 bits per heavy atom. The molecule has 0 radical (unpaired) electrons. The number of ether oxygens (including phenoxy) is 1. The number of hydrogen-bond donors (Lipinski definition) is 1. The molecule has 0 aliphatic rings. The molecule has 2 rings (SSSR count). The van der Waals surface area contributed by atoms with Gasteiger partial charge in [0, 0.05) is 23.2 Å². The van der Waals surface area contributed by atoms with E-state index in [9.17, 15) is 4.39 Å². The fraction of sp³-hybridized carbons (Fsp3) is 0.333. The number of nitrogens with zero attached hydrogens (tertiary/aromatic N) is 2. The lowest BCUT2D eigenvalue weighted by Crippen LogP contribution is -2.34. The third-order valence-electron chi connectivity index (χ3n) is 3.06. The van der Waals surface area contributed by atoms with E-state index in [2.05, 4.69) is 31.2 Å². The van der Waals surface area contributed by atoms with Crippen molar-refractivity contribution in [3.8, 4) is 0 Å². The van der Waals surface area contributed by atoms with Crippen LogP contribution in [0.3, 0.4) is 0 Å². The van der Waals surface area contributed by atoms with Crippen molar-refractivity contribution in [1.82, 2.24) is 10.3 Å². The van der Waals surface area contributed by atoms with Gasteiger partial charge in [-0.3, -0.25) is 4.99 Å². The Bertz CT molecular complexity index is 648. The first-order valence-electron chi connectivity index (χ1n) is 6.73. The molecule has 0 saturated heterocycles. The van der Waals surface area contributed by atoms with Crippen LogP contribution in [0.25, 0.3) is 0 Å². The van der Waals surface area contributed by atoms with Gasteiger partial charge in [0.1, 0.15) is 12.0 Å². The highest BCUT2D eigenvalue weighted by Gasteiger charge is 2.14. The fourth-order valence-corrected chi connectivity index (χ4v) is 3.13. The van der Waals surface area contributed by atoms with E-state index in [1.165, 1.54) is 23.5 Å². The zero-order valence-corrected chi connectivity index (χ0v) is 14.9. The molecule has 0 spiro atoms. The van der Waals surface area contributed by atoms with Crippen LogP contribution in [0.5, 0.6) is 0 Å². The number of rotatable bonds is 5. The minimum Gasteiger partial charge on any atom is -0.362 e. The third-order valence-corrected chi connectivity index (χ3v) is 4.53. The normalized spacial score (nSPS) is 14.7. The average Bonchev–Trinajstić information content (AvgIpc) is 3.00. The van der Waals surface area contributed by atoms with E-state index in [4.69, 9.17) is 4.74 Å². The van der Waals surface area contributed by atoms with Crippen LogP contribution in [-0.2, 0) is 4.74 Å². The third kappa shape index (κ3) is 4.34. The summed E-state index contributed by atoms with van der Waals surface area (Å²) in [5.74, 6) is 0.381. The molecule has 1 aromatic heterocycles. The molecule has 1 aromatic carbocycles. The molecule has 0 aliphatic carbocycles. The molecule has 2 atom stereocenters. The van der Waals surface area contributed by atoms with Gasteiger partial charge in [0.15, 0.2) is 10.8 Å². The first kappa shape index (κ1) is 17.1. The first-order chi connectivity index (χ1) is 10.5. The zero-order valence-electron chi connectivity index (χ0n) is 12.5. The van der Waals surface area contributed by atoms with Gasteiger partial charge in [-0.1, -0.05) is 22.0 Å². The number of halogens is 2. The van der Waals surface area contributed by atoms with E-state index in [1.807, 2.05) is 19.2 Å². The molecule has 1 heterocycles. The number of amidine groups is 1. The number of methoxy groups -OCH3 is 1. The first-order valence-corrected chi connectivity index (χ1v) is 8.40. The SMILES string of the molecule is COC(C)N/C(=N\C(C)c1ccc(F)cc1Br)c1nccs1. The second-order valence-corrected chi connectivity index (χ2v) is 6.43. The van der Waals surface area contributed by atoms with Gasteiger partial charge in [-0.15, -0.1) is 11.3 Å². The van der Waals surface area contributed by atoms with Crippen LogP contribution >= 0.6 is 27.3 Å². The maximum Gasteiger partial charge on any atom is 0.160 e. The Morgan fingerprint density at radius 1 is 1.45 bits per heavy atom. The molecule has 22 heavy (non-hydrogen) atoms. The predicted octanol–water partition coefficient (Wildman–Crippen LogP) is 4.13. The Hall–Kier alpha value is -1.31. The average molecular weight is 386 g/mol. The van der Waals surface area contributed by atoms with Crippen molar-refractivity contribution in [3.05, 3.63) is 50.6 Å². The molecule has 118 valence electrons. The number of aromatic nitrogens is 1. The summed E-state index contributed by atoms with van der Waals surface area (Å²) in [5, 5.41) is 5.86. The molecule has 1 N–H and O–H groups in total. The monoisotopic (exact) mass is 385 g/mol. The lowest BCUT2D eigenvalue weighted by atomic mass is 10.1. The van der Waals surface area contributed by atoms with Crippen LogP contribution in [-0.4, -0.2) is 24.2 Å². The maximum absolute atomic E-state index is 13.2. The van der Waals surface area contributed by atoms with Crippen LogP contribution in [0.15, 0.2) is 39.2 Å². The maximum atomic E-state index is 13.2. The topological polar surface area (TPSA) is 46.5 Å². The number of thiazole rings is 1. The summed E-state index contributed by atoms with van der Waals surface area (Å²) in [5.41, 5.74) is 0.905. The molecule has 7 heteroatoms. The van der Waals surface area contributed by atoms with E-state index < -0.39 is 0 Å². The summed E-state index contributed by atoms with van der Waals surface area (Å²) in [6.45, 7) is 3.84. The predicted molar refractivity (Wildman–Crippen MR) is 90.8 cm³/mol. The summed E-state index contributed by atoms with van der Waals surface area (Å²) in [4.78, 5) is 8.97. The Kier molecular flexibility index (Phi) is 6.05. The van der Waals surface area contributed by atoms with Gasteiger partial charge in [0.25, 0.3) is 0 Å². The van der Waals surface area contributed by atoms with E-state index in [0.29, 0.717) is 10.3 Å². The van der Waals surface area contributed by atoms with Gasteiger partial charge < -0.3 is 10.1 Å². The largest absolute Gasteiger partial charge is 0.362 e. The molecular formula is C15H17BrFN3OS. The van der Waals surface area contributed by atoms with Crippen LogP contribution < -0.4 is 5.32 Å². The number of hydrogen-bond acceptors (Lipinski definition) is 4. The number of benzene rings is 1. The van der Waals surface area contributed by atoms with Crippen LogP contribution in [0, 0.1) is 5.82 Å². The summed E-state index contributed by atoms with van der Waals surface area (Å²) in [6.07, 6.45) is 1.54. The summed E-state index contributed by atoms with van der Waals surface area (Å²) in [6, 6.07) is 4.44. The smallest absolute Gasteiger partial charge is 0.160 e. The Balaban J connectivity index is 2.31. The van der Waals surface area contributed by atoms with Gasteiger partial charge in [-0.2, -0.15) is 0 Å². The molecule has 0 amide bonds. The second kappa shape index (κ2) is 7.80. The highest BCUT2D eigenvalue weighted by atomic mass is 79.9. The van der Waals surface area contributed by atoms with E-state index in [0.717, 1.165) is 10.6 Å². The lowest BCUT2D eigenvalue weighted by molar-refractivity contribution is 0.107. The van der Waals surface area contributed by atoms with Crippen molar-refractivity contribution in [2.45, 2.75) is 26.1 Å². The van der Waals surface area contributed by atoms with Gasteiger partial charge >= 0.3 is 0 Å². The molecule has 0 fully saturated rings. The second-order valence-electron chi connectivity index (χ2n) is 4.68. The van der Waals surface area contributed by atoms with Crippen molar-refractivity contribution in [2.75, 3.05) is 7.11 Å². The van der Waals surface area contributed by atoms with E-state index >= 15 is 0 Å². The Labute approximate surface area is 141 Å². The highest BCUT2D eigenvalue weighted by Crippen LogP contribution is 2.27. The van der Waals surface area contributed by atoms with Gasteiger partial charge in [0.2, 0.25) is 0 Å². The van der Waals surface area contributed by atoms with E-state index in [1.54, 1.807) is 19.4 Å². The minimum atomic E-state index is -0.280. The molecule has 0 bridgehead atoms. The van der Waals surface area contributed by atoms with Crippen molar-refractivity contribution < 1.29 is 9.13 Å². The fourth-order valence-electron chi connectivity index (χ4n) is 1.85. The van der Waals surface area contributed by atoms with Gasteiger partial charge in [0.05, 0.1) is 6.04 Å². The minimum absolute atomic E-state index is 0.162.